The lowest BCUT2D eigenvalue weighted by Gasteiger charge is -2.30. The number of benzene rings is 6. The third-order valence-corrected chi connectivity index (χ3v) is 8.53. The highest BCUT2D eigenvalue weighted by Crippen LogP contribution is 2.42. The molecule has 7 rings (SSSR count). The molecule has 222 valence electrons. The van der Waals surface area contributed by atoms with Crippen molar-refractivity contribution in [2.45, 2.75) is 20.8 Å². The predicted octanol–water partition coefficient (Wildman–Crippen LogP) is 12.1. The van der Waals surface area contributed by atoms with Gasteiger partial charge in [-0.2, -0.15) is 0 Å². The number of rotatable bonds is 7. The van der Waals surface area contributed by atoms with Gasteiger partial charge in [-0.25, -0.2) is 0 Å². The van der Waals surface area contributed by atoms with Crippen LogP contribution in [-0.2, 0) is 0 Å². The lowest BCUT2D eigenvalue weighted by molar-refractivity contribution is 1.20. The van der Waals surface area contributed by atoms with Gasteiger partial charge in [0.15, 0.2) is 0 Å². The van der Waals surface area contributed by atoms with Gasteiger partial charge in [0.1, 0.15) is 0 Å². The van der Waals surface area contributed by atoms with Gasteiger partial charge in [0.25, 0.3) is 0 Å². The SMILES string of the molecule is Cc1cc(C)c(N(c2cccc(-c3cccc(-c4ccccc4)c3)c2)c2cccc(-c3cc(-c4ccccc4)ccn3)c2)c(C)c1. The lowest BCUT2D eigenvalue weighted by atomic mass is 9.98. The van der Waals surface area contributed by atoms with Crippen LogP contribution in [0.3, 0.4) is 0 Å². The van der Waals surface area contributed by atoms with E-state index in [0.717, 1.165) is 28.2 Å². The van der Waals surface area contributed by atoms with Crippen molar-refractivity contribution in [1.29, 1.82) is 0 Å². The van der Waals surface area contributed by atoms with Gasteiger partial charge in [-0.05, 0) is 108 Å². The second kappa shape index (κ2) is 12.7. The zero-order chi connectivity index (χ0) is 31.5. The average molecular weight is 593 g/mol. The Hall–Kier alpha value is -5.73. The molecule has 46 heavy (non-hydrogen) atoms. The summed E-state index contributed by atoms with van der Waals surface area (Å²) >= 11 is 0. The predicted molar refractivity (Wildman–Crippen MR) is 195 cm³/mol. The molecule has 0 spiro atoms. The summed E-state index contributed by atoms with van der Waals surface area (Å²) < 4.78 is 0. The molecule has 6 aromatic carbocycles. The van der Waals surface area contributed by atoms with Crippen LogP contribution in [0.5, 0.6) is 0 Å². The number of pyridine rings is 1. The Morgan fingerprint density at radius 3 is 1.46 bits per heavy atom. The molecule has 0 radical (unpaired) electrons. The van der Waals surface area contributed by atoms with E-state index in [-0.39, 0.29) is 0 Å². The van der Waals surface area contributed by atoms with E-state index in [0.29, 0.717) is 0 Å². The van der Waals surface area contributed by atoms with Crippen molar-refractivity contribution >= 4 is 17.1 Å². The van der Waals surface area contributed by atoms with Crippen LogP contribution in [0.2, 0.25) is 0 Å². The fraction of sp³-hybridized carbons (Fsp3) is 0.0682. The third kappa shape index (κ3) is 5.98. The summed E-state index contributed by atoms with van der Waals surface area (Å²) in [5, 5.41) is 0. The van der Waals surface area contributed by atoms with Crippen molar-refractivity contribution in [3.8, 4) is 44.6 Å². The third-order valence-electron chi connectivity index (χ3n) is 8.53. The molecular weight excluding hydrogens is 556 g/mol. The molecule has 0 saturated heterocycles. The monoisotopic (exact) mass is 592 g/mol. The Kier molecular flexibility index (Phi) is 8.01. The van der Waals surface area contributed by atoms with Gasteiger partial charge in [-0.3, -0.25) is 4.98 Å². The Morgan fingerprint density at radius 1 is 0.391 bits per heavy atom. The smallest absolute Gasteiger partial charge is 0.0708 e. The number of hydrogen-bond donors (Lipinski definition) is 0. The number of aryl methyl sites for hydroxylation is 3. The Labute approximate surface area is 272 Å². The van der Waals surface area contributed by atoms with Crippen LogP contribution in [0.25, 0.3) is 44.6 Å². The molecular formula is C44H36N2. The maximum atomic E-state index is 4.80. The second-order valence-electron chi connectivity index (χ2n) is 11.9. The highest BCUT2D eigenvalue weighted by atomic mass is 15.1. The van der Waals surface area contributed by atoms with E-state index in [4.69, 9.17) is 4.98 Å². The van der Waals surface area contributed by atoms with Gasteiger partial charge >= 0.3 is 0 Å². The van der Waals surface area contributed by atoms with Crippen LogP contribution in [0, 0.1) is 20.8 Å². The van der Waals surface area contributed by atoms with Crippen molar-refractivity contribution in [3.05, 3.63) is 181 Å². The first kappa shape index (κ1) is 29.0. The topological polar surface area (TPSA) is 16.1 Å². The van der Waals surface area contributed by atoms with Crippen LogP contribution in [0.1, 0.15) is 16.7 Å². The van der Waals surface area contributed by atoms with Crippen LogP contribution in [0.15, 0.2) is 164 Å². The number of aromatic nitrogens is 1. The molecule has 7 aromatic rings. The van der Waals surface area contributed by atoms with E-state index < -0.39 is 0 Å². The lowest BCUT2D eigenvalue weighted by Crippen LogP contribution is -2.13. The fourth-order valence-corrected chi connectivity index (χ4v) is 6.47. The highest BCUT2D eigenvalue weighted by molar-refractivity contribution is 5.85. The zero-order valence-electron chi connectivity index (χ0n) is 26.5. The largest absolute Gasteiger partial charge is 0.310 e. The van der Waals surface area contributed by atoms with Crippen LogP contribution in [0.4, 0.5) is 17.1 Å². The number of hydrogen-bond acceptors (Lipinski definition) is 2. The molecule has 0 atom stereocenters. The molecule has 0 saturated carbocycles. The molecule has 0 fully saturated rings. The molecule has 0 unspecified atom stereocenters. The zero-order valence-corrected chi connectivity index (χ0v) is 26.5. The summed E-state index contributed by atoms with van der Waals surface area (Å²) in [6.07, 6.45) is 1.91. The molecule has 0 amide bonds. The Bertz CT molecular complexity index is 1980. The van der Waals surface area contributed by atoms with Gasteiger partial charge in [-0.15, -0.1) is 0 Å². The van der Waals surface area contributed by atoms with Gasteiger partial charge in [0.2, 0.25) is 0 Å². The average Bonchev–Trinajstić information content (AvgIpc) is 3.11. The minimum Gasteiger partial charge on any atom is -0.310 e. The van der Waals surface area contributed by atoms with Crippen molar-refractivity contribution in [2.24, 2.45) is 0 Å². The highest BCUT2D eigenvalue weighted by Gasteiger charge is 2.19. The van der Waals surface area contributed by atoms with E-state index in [1.54, 1.807) is 0 Å². The first-order valence-electron chi connectivity index (χ1n) is 15.8. The van der Waals surface area contributed by atoms with Crippen LogP contribution < -0.4 is 4.90 Å². The maximum absolute atomic E-state index is 4.80. The van der Waals surface area contributed by atoms with E-state index in [2.05, 4.69) is 177 Å². The van der Waals surface area contributed by atoms with E-state index >= 15 is 0 Å². The summed E-state index contributed by atoms with van der Waals surface area (Å²) in [6, 6.07) is 56.3. The van der Waals surface area contributed by atoms with Crippen molar-refractivity contribution in [3.63, 3.8) is 0 Å². The normalized spacial score (nSPS) is 10.9. The minimum absolute atomic E-state index is 0.951. The van der Waals surface area contributed by atoms with Crippen LogP contribution in [-0.4, -0.2) is 4.98 Å². The van der Waals surface area contributed by atoms with Gasteiger partial charge in [0.05, 0.1) is 11.4 Å². The minimum atomic E-state index is 0.951. The molecule has 0 bridgehead atoms. The standard InChI is InChI=1S/C44H36N2/c1-31-25-32(2)44(33(3)26-31)46(41-21-11-19-38(28-41)37-18-10-17-36(27-37)34-13-6-4-7-14-34)42-22-12-20-40(29-42)43-30-39(23-24-45-43)35-15-8-5-9-16-35/h4-30H,1-3H3. The fourth-order valence-electron chi connectivity index (χ4n) is 6.47. The molecule has 2 heteroatoms. The maximum Gasteiger partial charge on any atom is 0.0708 e. The van der Waals surface area contributed by atoms with Gasteiger partial charge in [0, 0.05) is 23.1 Å². The first-order valence-corrected chi connectivity index (χ1v) is 15.8. The molecule has 2 nitrogen and oxygen atoms in total. The van der Waals surface area contributed by atoms with Gasteiger partial charge < -0.3 is 4.90 Å². The number of nitrogens with zero attached hydrogens (tertiary/aromatic N) is 2. The van der Waals surface area contributed by atoms with Crippen molar-refractivity contribution < 1.29 is 0 Å². The Balaban J connectivity index is 1.34. The van der Waals surface area contributed by atoms with Crippen LogP contribution >= 0.6 is 0 Å². The quantitative estimate of drug-likeness (QED) is 0.183. The molecule has 0 aliphatic carbocycles. The Morgan fingerprint density at radius 2 is 0.848 bits per heavy atom. The summed E-state index contributed by atoms with van der Waals surface area (Å²) in [6.45, 7) is 6.59. The summed E-state index contributed by atoms with van der Waals surface area (Å²) in [5.74, 6) is 0. The number of anilines is 3. The molecule has 0 N–H and O–H groups in total. The summed E-state index contributed by atoms with van der Waals surface area (Å²) in [5.41, 5.74) is 16.3. The van der Waals surface area contributed by atoms with Crippen molar-refractivity contribution in [2.75, 3.05) is 4.90 Å². The van der Waals surface area contributed by atoms with E-state index in [9.17, 15) is 0 Å². The molecule has 0 aliphatic heterocycles. The molecule has 1 heterocycles. The van der Waals surface area contributed by atoms with Crippen molar-refractivity contribution in [1.82, 2.24) is 4.98 Å². The molecule has 0 aliphatic rings. The van der Waals surface area contributed by atoms with Gasteiger partial charge in [-0.1, -0.05) is 121 Å². The summed E-state index contributed by atoms with van der Waals surface area (Å²) in [4.78, 5) is 7.20. The molecule has 1 aromatic heterocycles. The second-order valence-corrected chi connectivity index (χ2v) is 11.9. The van der Waals surface area contributed by atoms with E-state index in [1.165, 1.54) is 50.2 Å². The first-order chi connectivity index (χ1) is 22.5. The van der Waals surface area contributed by atoms with E-state index in [1.807, 2.05) is 12.3 Å². The summed E-state index contributed by atoms with van der Waals surface area (Å²) in [7, 11) is 0.